The Morgan fingerprint density at radius 3 is 2.43 bits per heavy atom. The van der Waals surface area contributed by atoms with Gasteiger partial charge in [0, 0.05) is 30.4 Å². The Labute approximate surface area is 188 Å². The fourth-order valence-electron chi connectivity index (χ4n) is 2.33. The first-order valence-corrected chi connectivity index (χ1v) is 9.70. The lowest BCUT2D eigenvalue weighted by Gasteiger charge is -2.13. The molecular weight excluding hydrogens is 487 g/mol. The van der Waals surface area contributed by atoms with Gasteiger partial charge in [-0.2, -0.15) is 0 Å². The van der Waals surface area contributed by atoms with Crippen LogP contribution in [0.25, 0.3) is 0 Å². The van der Waals surface area contributed by atoms with Gasteiger partial charge in [-0.15, -0.1) is 35.3 Å². The molecule has 1 amide bonds. The molecule has 1 aromatic carbocycles. The van der Waals surface area contributed by atoms with Crippen LogP contribution in [-0.2, 0) is 17.8 Å². The molecule has 0 spiro atoms. The van der Waals surface area contributed by atoms with Crippen molar-refractivity contribution in [2.45, 2.75) is 19.9 Å². The second kappa shape index (κ2) is 12.6. The molecule has 0 aliphatic carbocycles. The molecule has 2 aromatic rings. The molecule has 0 saturated heterocycles. The van der Waals surface area contributed by atoms with Crippen LogP contribution in [0.2, 0.25) is 0 Å². The minimum Gasteiger partial charge on any atom is -0.497 e. The maximum atomic E-state index is 11.8. The molecule has 28 heavy (non-hydrogen) atoms. The fourth-order valence-corrected chi connectivity index (χ4v) is 3.16. The number of carbonyl (C=O) groups is 1. The number of aryl methyl sites for hydroxylation is 1. The minimum atomic E-state index is -0.0294. The van der Waals surface area contributed by atoms with Crippen molar-refractivity contribution in [3.8, 4) is 5.75 Å². The van der Waals surface area contributed by atoms with Crippen molar-refractivity contribution in [3.63, 3.8) is 0 Å². The number of benzene rings is 1. The van der Waals surface area contributed by atoms with E-state index in [0.29, 0.717) is 12.5 Å². The zero-order chi connectivity index (χ0) is 19.6. The van der Waals surface area contributed by atoms with Gasteiger partial charge in [-0.05, 0) is 43.2 Å². The van der Waals surface area contributed by atoms with Crippen LogP contribution in [0.15, 0.2) is 41.4 Å². The minimum absolute atomic E-state index is 0. The number of methoxy groups -OCH3 is 1. The van der Waals surface area contributed by atoms with Crippen LogP contribution in [0, 0.1) is 6.92 Å². The number of likely N-dealkylation sites (N-methyl/N-ethyl adjacent to an activating group) is 1. The summed E-state index contributed by atoms with van der Waals surface area (Å²) < 4.78 is 5.18. The third-order valence-electron chi connectivity index (χ3n) is 3.96. The van der Waals surface area contributed by atoms with Crippen LogP contribution in [-0.4, -0.2) is 51.1 Å². The summed E-state index contributed by atoms with van der Waals surface area (Å²) >= 11 is 1.75. The Kier molecular flexibility index (Phi) is 10.9. The molecule has 0 fully saturated rings. The largest absolute Gasteiger partial charge is 0.497 e. The molecule has 6 nitrogen and oxygen atoms in total. The van der Waals surface area contributed by atoms with E-state index in [2.05, 4.69) is 46.8 Å². The number of guanidine groups is 1. The third-order valence-corrected chi connectivity index (χ3v) is 4.96. The van der Waals surface area contributed by atoms with Crippen molar-refractivity contribution >= 4 is 47.2 Å². The van der Waals surface area contributed by atoms with Crippen LogP contribution in [0.4, 0.5) is 0 Å². The van der Waals surface area contributed by atoms with Crippen molar-refractivity contribution in [3.05, 3.63) is 51.7 Å². The summed E-state index contributed by atoms with van der Waals surface area (Å²) in [5.74, 6) is 1.46. The summed E-state index contributed by atoms with van der Waals surface area (Å²) in [6.07, 6.45) is 0.852. The number of rotatable bonds is 8. The van der Waals surface area contributed by atoms with Gasteiger partial charge in [-0.25, -0.2) is 4.99 Å². The highest BCUT2D eigenvalue weighted by atomic mass is 127. The summed E-state index contributed by atoms with van der Waals surface area (Å²) in [6, 6.07) is 12.2. The van der Waals surface area contributed by atoms with E-state index in [1.807, 2.05) is 12.1 Å². The van der Waals surface area contributed by atoms with E-state index in [9.17, 15) is 4.79 Å². The summed E-state index contributed by atoms with van der Waals surface area (Å²) in [5.41, 5.74) is 1.21. The average molecular weight is 516 g/mol. The van der Waals surface area contributed by atoms with Gasteiger partial charge < -0.3 is 20.3 Å². The number of hydrogen-bond acceptors (Lipinski definition) is 4. The summed E-state index contributed by atoms with van der Waals surface area (Å²) in [7, 11) is 5.13. The van der Waals surface area contributed by atoms with Gasteiger partial charge in [0.05, 0.1) is 13.7 Å². The van der Waals surface area contributed by atoms with Crippen LogP contribution in [0.5, 0.6) is 5.75 Å². The molecule has 1 aromatic heterocycles. The molecule has 1 heterocycles. The molecule has 0 aliphatic heterocycles. The molecule has 0 bridgehead atoms. The second-order valence-electron chi connectivity index (χ2n) is 6.34. The first-order valence-electron chi connectivity index (χ1n) is 8.88. The Hall–Kier alpha value is -1.81. The van der Waals surface area contributed by atoms with E-state index in [4.69, 9.17) is 4.74 Å². The number of halogens is 1. The van der Waals surface area contributed by atoms with E-state index in [0.717, 1.165) is 18.7 Å². The van der Waals surface area contributed by atoms with Crippen molar-refractivity contribution in [1.29, 1.82) is 0 Å². The molecule has 0 unspecified atom stereocenters. The Balaban J connectivity index is 0.00000392. The number of aliphatic imine (C=N–C) groups is 1. The molecule has 0 aliphatic rings. The first-order chi connectivity index (χ1) is 13.0. The molecule has 0 radical (unpaired) electrons. The van der Waals surface area contributed by atoms with Crippen LogP contribution >= 0.6 is 35.3 Å². The zero-order valence-electron chi connectivity index (χ0n) is 16.8. The topological polar surface area (TPSA) is 66.0 Å². The predicted octanol–water partition coefficient (Wildman–Crippen LogP) is 3.05. The average Bonchev–Trinajstić information content (AvgIpc) is 3.08. The molecule has 154 valence electrons. The number of hydrogen-bond donors (Lipinski definition) is 2. The maximum absolute atomic E-state index is 11.8. The van der Waals surface area contributed by atoms with E-state index in [1.165, 1.54) is 15.3 Å². The fraction of sp³-hybridized carbons (Fsp3) is 0.400. The lowest BCUT2D eigenvalue weighted by molar-refractivity contribution is -0.127. The number of carbonyl (C=O) groups excluding carboxylic acids is 1. The van der Waals surface area contributed by atoms with Gasteiger partial charge in [-0.3, -0.25) is 4.79 Å². The van der Waals surface area contributed by atoms with Gasteiger partial charge in [0.25, 0.3) is 0 Å². The van der Waals surface area contributed by atoms with Crippen molar-refractivity contribution in [2.75, 3.05) is 34.3 Å². The number of nitrogens with zero attached hydrogens (tertiary/aromatic N) is 2. The standard InChI is InChI=1S/C20H28N4O2S.HI/c1-15-5-10-18(27-15)13-22-20(23-14-19(25)24(2)3)21-12-11-16-6-8-17(26-4)9-7-16;/h5-10H,11-14H2,1-4H3,(H2,21,22,23);1H. The second-order valence-corrected chi connectivity index (χ2v) is 7.72. The van der Waals surface area contributed by atoms with Crippen molar-refractivity contribution in [2.24, 2.45) is 4.99 Å². The highest BCUT2D eigenvalue weighted by molar-refractivity contribution is 14.0. The molecule has 0 atom stereocenters. The number of ether oxygens (including phenoxy) is 1. The summed E-state index contributed by atoms with van der Waals surface area (Å²) in [6.45, 7) is 3.61. The Bertz CT molecular complexity index is 760. The highest BCUT2D eigenvalue weighted by Crippen LogP contribution is 2.14. The quantitative estimate of drug-likeness (QED) is 0.322. The smallest absolute Gasteiger partial charge is 0.243 e. The summed E-state index contributed by atoms with van der Waals surface area (Å²) in [5, 5.41) is 6.62. The van der Waals surface area contributed by atoms with Crippen molar-refractivity contribution < 1.29 is 9.53 Å². The van der Waals surface area contributed by atoms with E-state index in [-0.39, 0.29) is 36.4 Å². The number of amides is 1. The third kappa shape index (κ3) is 8.47. The lowest BCUT2D eigenvalue weighted by Crippen LogP contribution is -2.39. The van der Waals surface area contributed by atoms with Crippen LogP contribution < -0.4 is 15.4 Å². The molecule has 8 heteroatoms. The first kappa shape index (κ1) is 24.2. The lowest BCUT2D eigenvalue weighted by atomic mass is 10.1. The SMILES string of the molecule is COc1ccc(CCNC(=NCC(=O)N(C)C)NCc2ccc(C)s2)cc1.I. The monoisotopic (exact) mass is 516 g/mol. The highest BCUT2D eigenvalue weighted by Gasteiger charge is 2.05. The molecule has 2 N–H and O–H groups in total. The summed E-state index contributed by atoms with van der Waals surface area (Å²) in [4.78, 5) is 20.3. The molecule has 2 rings (SSSR count). The number of nitrogens with one attached hydrogen (secondary N) is 2. The van der Waals surface area contributed by atoms with Crippen LogP contribution in [0.3, 0.4) is 0 Å². The van der Waals surface area contributed by atoms with E-state index < -0.39 is 0 Å². The zero-order valence-corrected chi connectivity index (χ0v) is 20.0. The Morgan fingerprint density at radius 2 is 1.86 bits per heavy atom. The normalized spacial score (nSPS) is 10.8. The van der Waals surface area contributed by atoms with Gasteiger partial charge in [0.2, 0.25) is 5.91 Å². The van der Waals surface area contributed by atoms with Crippen LogP contribution in [0.1, 0.15) is 15.3 Å². The number of thiophene rings is 1. The van der Waals surface area contributed by atoms with E-state index in [1.54, 1.807) is 37.4 Å². The van der Waals surface area contributed by atoms with Crippen molar-refractivity contribution in [1.82, 2.24) is 15.5 Å². The Morgan fingerprint density at radius 1 is 1.14 bits per heavy atom. The van der Waals surface area contributed by atoms with E-state index >= 15 is 0 Å². The maximum Gasteiger partial charge on any atom is 0.243 e. The van der Waals surface area contributed by atoms with Gasteiger partial charge in [0.15, 0.2) is 5.96 Å². The molecular formula is C20H29IN4O2S. The molecule has 0 saturated carbocycles. The van der Waals surface area contributed by atoms with Gasteiger partial charge in [0.1, 0.15) is 12.3 Å². The van der Waals surface area contributed by atoms with Gasteiger partial charge >= 0.3 is 0 Å². The van der Waals surface area contributed by atoms with Gasteiger partial charge in [-0.1, -0.05) is 12.1 Å². The predicted molar refractivity (Wildman–Crippen MR) is 127 cm³/mol.